The van der Waals surface area contributed by atoms with Crippen molar-refractivity contribution in [3.8, 4) is 0 Å². The van der Waals surface area contributed by atoms with Gasteiger partial charge in [0.05, 0.1) is 0 Å². The Kier molecular flexibility index (Phi) is 4.95. The van der Waals surface area contributed by atoms with E-state index < -0.39 is 5.60 Å². The molecule has 0 bridgehead atoms. The zero-order chi connectivity index (χ0) is 14.8. The molecule has 1 aliphatic carbocycles. The summed E-state index contributed by atoms with van der Waals surface area (Å²) in [6.45, 7) is 10.8. The van der Waals surface area contributed by atoms with Gasteiger partial charge >= 0.3 is 6.09 Å². The summed E-state index contributed by atoms with van der Waals surface area (Å²) >= 11 is 0. The molecule has 0 aromatic carbocycles. The highest BCUT2D eigenvalue weighted by molar-refractivity contribution is 5.68. The van der Waals surface area contributed by atoms with Gasteiger partial charge in [-0.1, -0.05) is 6.92 Å². The normalized spacial score (nSPS) is 22.7. The van der Waals surface area contributed by atoms with Crippen LogP contribution < -0.4 is 5.32 Å². The molecule has 4 nitrogen and oxygen atoms in total. The Hall–Kier alpha value is -0.770. The maximum atomic E-state index is 12.0. The van der Waals surface area contributed by atoms with Gasteiger partial charge in [-0.15, -0.1) is 0 Å². The molecule has 4 heteroatoms. The van der Waals surface area contributed by atoms with Gasteiger partial charge in [0.15, 0.2) is 0 Å². The number of carbonyl (C=O) groups excluding carboxylic acids is 1. The van der Waals surface area contributed by atoms with Crippen LogP contribution in [0.4, 0.5) is 4.79 Å². The van der Waals surface area contributed by atoms with Crippen LogP contribution in [-0.2, 0) is 4.74 Å². The molecule has 0 aromatic rings. The lowest BCUT2D eigenvalue weighted by atomic mass is 10.0. The van der Waals surface area contributed by atoms with Crippen LogP contribution in [0.15, 0.2) is 0 Å². The van der Waals surface area contributed by atoms with Crippen molar-refractivity contribution < 1.29 is 9.53 Å². The van der Waals surface area contributed by atoms with Crippen molar-refractivity contribution in [1.82, 2.24) is 10.2 Å². The van der Waals surface area contributed by atoms with Crippen molar-refractivity contribution in [3.63, 3.8) is 0 Å². The summed E-state index contributed by atoms with van der Waals surface area (Å²) in [6, 6.07) is 0.565. The second-order valence-electron chi connectivity index (χ2n) is 7.46. The van der Waals surface area contributed by atoms with Gasteiger partial charge < -0.3 is 15.0 Å². The molecular weight excluding hydrogens is 252 g/mol. The Morgan fingerprint density at radius 3 is 2.35 bits per heavy atom. The van der Waals surface area contributed by atoms with Crippen LogP contribution in [0, 0.1) is 11.8 Å². The molecule has 0 spiro atoms. The fourth-order valence-electron chi connectivity index (χ4n) is 2.78. The molecule has 1 saturated carbocycles. The molecule has 1 unspecified atom stereocenters. The third kappa shape index (κ3) is 4.97. The van der Waals surface area contributed by atoms with E-state index in [9.17, 15) is 4.79 Å². The van der Waals surface area contributed by atoms with Crippen LogP contribution in [0.1, 0.15) is 53.4 Å². The lowest BCUT2D eigenvalue weighted by molar-refractivity contribution is 0.0197. The first-order chi connectivity index (χ1) is 9.35. The highest BCUT2D eigenvalue weighted by atomic mass is 16.6. The van der Waals surface area contributed by atoms with Crippen molar-refractivity contribution in [1.29, 1.82) is 0 Å². The monoisotopic (exact) mass is 282 g/mol. The Morgan fingerprint density at radius 1 is 1.25 bits per heavy atom. The molecule has 1 atom stereocenters. The molecule has 20 heavy (non-hydrogen) atoms. The molecule has 116 valence electrons. The molecule has 1 N–H and O–H groups in total. The lowest BCUT2D eigenvalue weighted by Crippen LogP contribution is -2.47. The predicted molar refractivity (Wildman–Crippen MR) is 80.7 cm³/mol. The molecule has 0 aromatic heterocycles. The summed E-state index contributed by atoms with van der Waals surface area (Å²) < 4.78 is 5.42. The molecule has 1 amide bonds. The minimum atomic E-state index is -0.397. The van der Waals surface area contributed by atoms with E-state index in [1.807, 2.05) is 25.7 Å². The summed E-state index contributed by atoms with van der Waals surface area (Å²) in [5.74, 6) is 1.77. The number of ether oxygens (including phenoxy) is 1. The molecule has 2 aliphatic rings. The van der Waals surface area contributed by atoms with Gasteiger partial charge in [-0.05, 0) is 64.8 Å². The minimum absolute atomic E-state index is 0.165. The average Bonchev–Trinajstić information content (AvgIpc) is 3.18. The average molecular weight is 282 g/mol. The number of amides is 1. The molecule has 0 radical (unpaired) electrons. The summed E-state index contributed by atoms with van der Waals surface area (Å²) in [4.78, 5) is 13.8. The minimum Gasteiger partial charge on any atom is -0.444 e. The number of likely N-dealkylation sites (tertiary alicyclic amines) is 1. The number of carbonyl (C=O) groups is 1. The molecular formula is C16H30N2O2. The first-order valence-corrected chi connectivity index (χ1v) is 8.06. The fourth-order valence-corrected chi connectivity index (χ4v) is 2.78. The third-order valence-electron chi connectivity index (χ3n) is 4.30. The van der Waals surface area contributed by atoms with E-state index in [1.165, 1.54) is 12.8 Å². The van der Waals surface area contributed by atoms with Gasteiger partial charge in [0.1, 0.15) is 5.60 Å². The number of hydrogen-bond donors (Lipinski definition) is 1. The zero-order valence-corrected chi connectivity index (χ0v) is 13.4. The number of rotatable bonds is 4. The van der Waals surface area contributed by atoms with Crippen molar-refractivity contribution >= 4 is 6.09 Å². The van der Waals surface area contributed by atoms with Crippen molar-refractivity contribution in [2.24, 2.45) is 11.8 Å². The van der Waals surface area contributed by atoms with E-state index in [-0.39, 0.29) is 6.09 Å². The highest BCUT2D eigenvalue weighted by Gasteiger charge is 2.29. The summed E-state index contributed by atoms with van der Waals surface area (Å²) in [6.07, 6.45) is 4.75. The standard InChI is InChI=1S/C16H30N2O2/c1-12(13-5-6-13)11-17-14-7-9-18(10-8-14)15(19)20-16(2,3)4/h12-14,17H,5-11H2,1-4H3. The maximum Gasteiger partial charge on any atom is 0.410 e. The van der Waals surface area contributed by atoms with E-state index in [1.54, 1.807) is 0 Å². The fraction of sp³-hybridized carbons (Fsp3) is 0.938. The van der Waals surface area contributed by atoms with Gasteiger partial charge in [-0.3, -0.25) is 0 Å². The quantitative estimate of drug-likeness (QED) is 0.862. The third-order valence-corrected chi connectivity index (χ3v) is 4.30. The number of hydrogen-bond acceptors (Lipinski definition) is 3. The van der Waals surface area contributed by atoms with Crippen LogP contribution in [0.2, 0.25) is 0 Å². The molecule has 1 heterocycles. The molecule has 1 saturated heterocycles. The van der Waals surface area contributed by atoms with Crippen molar-refractivity contribution in [3.05, 3.63) is 0 Å². The van der Waals surface area contributed by atoms with Crippen LogP contribution in [0.3, 0.4) is 0 Å². The van der Waals surface area contributed by atoms with Crippen molar-refractivity contribution in [2.45, 2.75) is 65.0 Å². The predicted octanol–water partition coefficient (Wildman–Crippen LogP) is 3.02. The number of piperidine rings is 1. The van der Waals surface area contributed by atoms with Crippen LogP contribution >= 0.6 is 0 Å². The number of nitrogens with one attached hydrogen (secondary N) is 1. The first-order valence-electron chi connectivity index (χ1n) is 8.06. The number of nitrogens with zero attached hydrogens (tertiary/aromatic N) is 1. The molecule has 2 fully saturated rings. The van der Waals surface area contributed by atoms with Gasteiger partial charge in [0.25, 0.3) is 0 Å². The SMILES string of the molecule is CC(CNC1CCN(C(=O)OC(C)(C)C)CC1)C1CC1. The summed E-state index contributed by atoms with van der Waals surface area (Å²) in [5, 5.41) is 3.67. The van der Waals surface area contributed by atoms with E-state index in [2.05, 4.69) is 12.2 Å². The molecule has 1 aliphatic heterocycles. The zero-order valence-electron chi connectivity index (χ0n) is 13.4. The van der Waals surface area contributed by atoms with E-state index in [0.29, 0.717) is 6.04 Å². The topological polar surface area (TPSA) is 41.6 Å². The van der Waals surface area contributed by atoms with Gasteiger partial charge in [-0.25, -0.2) is 4.79 Å². The van der Waals surface area contributed by atoms with Gasteiger partial charge in [0, 0.05) is 19.1 Å². The van der Waals surface area contributed by atoms with Gasteiger partial charge in [0.2, 0.25) is 0 Å². The van der Waals surface area contributed by atoms with Crippen LogP contribution in [0.5, 0.6) is 0 Å². The summed E-state index contributed by atoms with van der Waals surface area (Å²) in [5.41, 5.74) is -0.397. The Balaban J connectivity index is 1.65. The second kappa shape index (κ2) is 6.33. The second-order valence-corrected chi connectivity index (χ2v) is 7.46. The van der Waals surface area contributed by atoms with E-state index in [4.69, 9.17) is 4.74 Å². The Bertz CT molecular complexity index is 326. The Labute approximate surface area is 123 Å². The highest BCUT2D eigenvalue weighted by Crippen LogP contribution is 2.36. The molecule has 2 rings (SSSR count). The van der Waals surface area contributed by atoms with Crippen molar-refractivity contribution in [2.75, 3.05) is 19.6 Å². The van der Waals surface area contributed by atoms with E-state index in [0.717, 1.165) is 44.3 Å². The van der Waals surface area contributed by atoms with Gasteiger partial charge in [-0.2, -0.15) is 0 Å². The summed E-state index contributed by atoms with van der Waals surface area (Å²) in [7, 11) is 0. The van der Waals surface area contributed by atoms with E-state index >= 15 is 0 Å². The van der Waals surface area contributed by atoms with Crippen LogP contribution in [-0.4, -0.2) is 42.3 Å². The smallest absolute Gasteiger partial charge is 0.410 e. The first kappa shape index (κ1) is 15.6. The lowest BCUT2D eigenvalue weighted by Gasteiger charge is -2.34. The largest absolute Gasteiger partial charge is 0.444 e. The maximum absolute atomic E-state index is 12.0. The Morgan fingerprint density at radius 2 is 1.85 bits per heavy atom. The van der Waals surface area contributed by atoms with Crippen LogP contribution in [0.25, 0.3) is 0 Å².